The highest BCUT2D eigenvalue weighted by Crippen LogP contribution is 2.37. The summed E-state index contributed by atoms with van der Waals surface area (Å²) < 4.78 is 5.12. The molecule has 0 aliphatic rings. The highest BCUT2D eigenvalue weighted by Gasteiger charge is 2.20. The first-order chi connectivity index (χ1) is 15.7. The zero-order valence-electron chi connectivity index (χ0n) is 17.1. The Morgan fingerprint density at radius 1 is 1.03 bits per heavy atom. The molecule has 0 unspecified atom stereocenters. The lowest BCUT2D eigenvalue weighted by atomic mass is 10.0. The van der Waals surface area contributed by atoms with Gasteiger partial charge in [-0.1, -0.05) is 29.3 Å². The fraction of sp³-hybridized carbons (Fsp3) is 0.0909. The van der Waals surface area contributed by atoms with Gasteiger partial charge in [-0.3, -0.25) is 25.6 Å². The van der Waals surface area contributed by atoms with Crippen LogP contribution in [-0.4, -0.2) is 36.0 Å². The number of methoxy groups -OCH3 is 1. The summed E-state index contributed by atoms with van der Waals surface area (Å²) in [5.74, 6) is -0.926. The first kappa shape index (κ1) is 24.2. The predicted molar refractivity (Wildman–Crippen MR) is 127 cm³/mol. The first-order valence-corrected chi connectivity index (χ1v) is 10.9. The minimum Gasteiger partial charge on any atom is -0.497 e. The number of hydrogen-bond donors (Lipinski definition) is 4. The molecule has 0 spiro atoms. The van der Waals surface area contributed by atoms with Gasteiger partial charge in [-0.25, -0.2) is 4.79 Å². The van der Waals surface area contributed by atoms with Gasteiger partial charge in [0.1, 0.15) is 5.75 Å². The summed E-state index contributed by atoms with van der Waals surface area (Å²) in [6, 6.07) is 13.2. The number of halogens is 2. The molecule has 0 fully saturated rings. The summed E-state index contributed by atoms with van der Waals surface area (Å²) >= 11 is 13.4. The summed E-state index contributed by atoms with van der Waals surface area (Å²) in [5, 5.41) is 20.7. The highest BCUT2D eigenvalue weighted by molar-refractivity contribution is 7.17. The number of nitrogens with one attached hydrogen (secondary N) is 3. The standard InChI is InChI=1S/C22H17Cl2N3O5S/c1-32-14-5-2-11(3-6-14)19(29)17-9-13(10-18(28)26-21(25)27-22(30)31)20(33-17)12-4-7-15(23)16(24)8-12/h2-9H,10H2,1H3,(H,30,31)(H3,25,26,27,28). The molecule has 170 valence electrons. The molecule has 0 radical (unpaired) electrons. The first-order valence-electron chi connectivity index (χ1n) is 9.33. The van der Waals surface area contributed by atoms with E-state index >= 15 is 0 Å². The lowest BCUT2D eigenvalue weighted by molar-refractivity contribution is -0.119. The second-order valence-corrected chi connectivity index (χ2v) is 8.55. The van der Waals surface area contributed by atoms with E-state index in [-0.39, 0.29) is 12.2 Å². The molecular formula is C22H17Cl2N3O5S. The van der Waals surface area contributed by atoms with Crippen LogP contribution in [0, 0.1) is 5.41 Å². The molecule has 0 bridgehead atoms. The minimum absolute atomic E-state index is 0.203. The van der Waals surface area contributed by atoms with Crippen molar-refractivity contribution in [3.63, 3.8) is 0 Å². The van der Waals surface area contributed by atoms with Gasteiger partial charge in [0, 0.05) is 10.4 Å². The Kier molecular flexibility index (Phi) is 7.70. The monoisotopic (exact) mass is 505 g/mol. The Labute approximate surface area is 202 Å². The maximum atomic E-state index is 13.1. The van der Waals surface area contributed by atoms with Crippen molar-refractivity contribution in [2.75, 3.05) is 7.11 Å². The van der Waals surface area contributed by atoms with Gasteiger partial charge in [0.25, 0.3) is 0 Å². The molecule has 2 amide bonds. The summed E-state index contributed by atoms with van der Waals surface area (Å²) in [4.78, 5) is 37.1. The van der Waals surface area contributed by atoms with E-state index in [1.807, 2.05) is 0 Å². The molecule has 1 heterocycles. The van der Waals surface area contributed by atoms with Gasteiger partial charge in [0.15, 0.2) is 0 Å². The number of rotatable bonds is 6. The number of carbonyl (C=O) groups excluding carboxylic acids is 2. The number of carboxylic acid groups (broad SMARTS) is 1. The quantitative estimate of drug-likeness (QED) is 0.217. The Morgan fingerprint density at radius 3 is 2.33 bits per heavy atom. The summed E-state index contributed by atoms with van der Waals surface area (Å²) in [6.07, 6.45) is -1.68. The van der Waals surface area contributed by atoms with Gasteiger partial charge in [0.2, 0.25) is 17.6 Å². The Morgan fingerprint density at radius 2 is 1.73 bits per heavy atom. The van der Waals surface area contributed by atoms with Crippen LogP contribution < -0.4 is 15.4 Å². The third-order valence-electron chi connectivity index (χ3n) is 4.41. The molecule has 2 aromatic carbocycles. The van der Waals surface area contributed by atoms with Gasteiger partial charge in [-0.05, 0) is 53.6 Å². The van der Waals surface area contributed by atoms with Crippen molar-refractivity contribution in [3.05, 3.63) is 74.6 Å². The van der Waals surface area contributed by atoms with Gasteiger partial charge < -0.3 is 9.84 Å². The Balaban J connectivity index is 1.95. The van der Waals surface area contributed by atoms with Crippen molar-refractivity contribution >= 4 is 58.3 Å². The van der Waals surface area contributed by atoms with E-state index in [2.05, 4.69) is 5.32 Å². The molecule has 0 atom stereocenters. The number of benzene rings is 2. The zero-order chi connectivity index (χ0) is 24.1. The Bertz CT molecular complexity index is 1240. The van der Waals surface area contributed by atoms with Crippen LogP contribution in [0.2, 0.25) is 10.0 Å². The number of ether oxygens (including phenoxy) is 1. The van der Waals surface area contributed by atoms with E-state index in [1.54, 1.807) is 53.8 Å². The summed E-state index contributed by atoms with van der Waals surface area (Å²) in [7, 11) is 1.53. The number of ketones is 1. The third-order valence-corrected chi connectivity index (χ3v) is 6.38. The molecule has 0 aliphatic carbocycles. The fourth-order valence-electron chi connectivity index (χ4n) is 2.93. The number of carbonyl (C=O) groups is 3. The van der Waals surface area contributed by atoms with Gasteiger partial charge in [-0.2, -0.15) is 0 Å². The number of guanidine groups is 1. The normalized spacial score (nSPS) is 10.4. The summed E-state index contributed by atoms with van der Waals surface area (Å²) in [6.45, 7) is 0. The van der Waals surface area contributed by atoms with Crippen LogP contribution >= 0.6 is 34.5 Å². The molecule has 0 aliphatic heterocycles. The van der Waals surface area contributed by atoms with Crippen molar-refractivity contribution < 1.29 is 24.2 Å². The van der Waals surface area contributed by atoms with E-state index in [1.165, 1.54) is 18.4 Å². The van der Waals surface area contributed by atoms with Crippen LogP contribution in [0.1, 0.15) is 20.8 Å². The third kappa shape index (κ3) is 6.10. The van der Waals surface area contributed by atoms with Crippen molar-refractivity contribution in [2.45, 2.75) is 6.42 Å². The van der Waals surface area contributed by atoms with Crippen LogP contribution in [0.5, 0.6) is 5.75 Å². The topological polar surface area (TPSA) is 129 Å². The average Bonchev–Trinajstić information content (AvgIpc) is 3.18. The maximum absolute atomic E-state index is 13.1. The van der Waals surface area contributed by atoms with E-state index in [0.717, 1.165) is 0 Å². The number of hydrogen-bond acceptors (Lipinski definition) is 6. The smallest absolute Gasteiger partial charge is 0.411 e. The van der Waals surface area contributed by atoms with Gasteiger partial charge in [-0.15, -0.1) is 11.3 Å². The molecule has 3 rings (SSSR count). The molecule has 0 saturated heterocycles. The van der Waals surface area contributed by atoms with Crippen LogP contribution in [0.4, 0.5) is 4.79 Å². The molecule has 8 nitrogen and oxygen atoms in total. The molecule has 33 heavy (non-hydrogen) atoms. The highest BCUT2D eigenvalue weighted by atomic mass is 35.5. The lowest BCUT2D eigenvalue weighted by Gasteiger charge is -2.07. The maximum Gasteiger partial charge on any atom is 0.411 e. The predicted octanol–water partition coefficient (Wildman–Crippen LogP) is 4.82. The molecule has 11 heteroatoms. The molecule has 1 aromatic heterocycles. The molecular weight excluding hydrogens is 489 g/mol. The van der Waals surface area contributed by atoms with Crippen molar-refractivity contribution in [1.29, 1.82) is 5.41 Å². The molecule has 0 saturated carbocycles. The zero-order valence-corrected chi connectivity index (χ0v) is 19.4. The van der Waals surface area contributed by atoms with E-state index in [9.17, 15) is 14.4 Å². The van der Waals surface area contributed by atoms with E-state index in [4.69, 9.17) is 38.5 Å². The SMILES string of the molecule is COc1ccc(C(=O)c2cc(CC(=O)NC(=N)NC(=O)O)c(-c3ccc(Cl)c(Cl)c3)s2)cc1. The summed E-state index contributed by atoms with van der Waals surface area (Å²) in [5.41, 5.74) is 1.61. The number of amides is 2. The average molecular weight is 506 g/mol. The van der Waals surface area contributed by atoms with E-state index < -0.39 is 18.0 Å². The second-order valence-electron chi connectivity index (χ2n) is 6.68. The number of thiophene rings is 1. The van der Waals surface area contributed by atoms with Crippen LogP contribution in [0.15, 0.2) is 48.5 Å². The minimum atomic E-state index is -1.47. The largest absolute Gasteiger partial charge is 0.497 e. The van der Waals surface area contributed by atoms with Crippen LogP contribution in [-0.2, 0) is 11.2 Å². The lowest BCUT2D eigenvalue weighted by Crippen LogP contribution is -2.43. The Hall–Kier alpha value is -3.40. The van der Waals surface area contributed by atoms with Crippen LogP contribution in [0.25, 0.3) is 10.4 Å². The second kappa shape index (κ2) is 10.5. The van der Waals surface area contributed by atoms with E-state index in [0.29, 0.717) is 42.2 Å². The van der Waals surface area contributed by atoms with Gasteiger partial charge in [0.05, 0.1) is 28.5 Å². The van der Waals surface area contributed by atoms with Gasteiger partial charge >= 0.3 is 6.09 Å². The van der Waals surface area contributed by atoms with Crippen molar-refractivity contribution in [2.24, 2.45) is 0 Å². The molecule has 4 N–H and O–H groups in total. The van der Waals surface area contributed by atoms with Crippen LogP contribution in [0.3, 0.4) is 0 Å². The fourth-order valence-corrected chi connectivity index (χ4v) is 4.37. The van der Waals surface area contributed by atoms with Crippen molar-refractivity contribution in [3.8, 4) is 16.2 Å². The van der Waals surface area contributed by atoms with Crippen molar-refractivity contribution in [1.82, 2.24) is 10.6 Å². The molecule has 3 aromatic rings.